The maximum atomic E-state index is 12.1. The molecule has 1 N–H and O–H groups in total. The summed E-state index contributed by atoms with van der Waals surface area (Å²) >= 11 is -0.124. The number of benzene rings is 1. The van der Waals surface area contributed by atoms with Crippen molar-refractivity contribution in [2.75, 3.05) is 5.32 Å². The number of hydrogen-bond donors (Lipinski definition) is 1. The van der Waals surface area contributed by atoms with E-state index in [-0.39, 0.29) is 16.7 Å². The number of anilines is 1. The predicted octanol–water partition coefficient (Wildman–Crippen LogP) is 3.70. The first-order chi connectivity index (χ1) is 9.03. The van der Waals surface area contributed by atoms with Gasteiger partial charge in [0.1, 0.15) is 6.33 Å². The van der Waals surface area contributed by atoms with Crippen LogP contribution in [0.25, 0.3) is 0 Å². The minimum absolute atomic E-state index is 0.124. The molecule has 0 saturated heterocycles. The Kier molecular flexibility index (Phi) is 4.26. The highest BCUT2D eigenvalue weighted by Crippen LogP contribution is 2.37. The lowest BCUT2D eigenvalue weighted by atomic mass is 10.3. The van der Waals surface area contributed by atoms with Crippen molar-refractivity contribution in [1.82, 2.24) is 9.97 Å². The normalized spacial score (nSPS) is 11.3. The molecule has 0 saturated carbocycles. The van der Waals surface area contributed by atoms with Gasteiger partial charge >= 0.3 is 5.51 Å². The second-order valence-corrected chi connectivity index (χ2v) is 4.81. The topological polar surface area (TPSA) is 37.8 Å². The average Bonchev–Trinajstić information content (AvgIpc) is 2.37. The van der Waals surface area contributed by atoms with Gasteiger partial charge in [0.05, 0.1) is 0 Å². The van der Waals surface area contributed by atoms with Gasteiger partial charge in [-0.05, 0) is 36.0 Å². The maximum absolute atomic E-state index is 12.1. The van der Waals surface area contributed by atoms with Gasteiger partial charge in [0.15, 0.2) is 0 Å². The maximum Gasteiger partial charge on any atom is 0.446 e. The van der Waals surface area contributed by atoms with Crippen LogP contribution in [0.5, 0.6) is 0 Å². The van der Waals surface area contributed by atoms with Crippen LogP contribution in [0.1, 0.15) is 5.56 Å². The minimum atomic E-state index is -4.25. The van der Waals surface area contributed by atoms with Crippen LogP contribution in [0.15, 0.2) is 47.9 Å². The van der Waals surface area contributed by atoms with E-state index in [0.717, 1.165) is 11.3 Å². The third-order valence-corrected chi connectivity index (χ3v) is 2.94. The van der Waals surface area contributed by atoms with E-state index in [9.17, 15) is 13.2 Å². The van der Waals surface area contributed by atoms with Crippen molar-refractivity contribution in [2.24, 2.45) is 0 Å². The molecule has 0 aliphatic carbocycles. The quantitative estimate of drug-likeness (QED) is 0.869. The molecule has 0 fully saturated rings. The Morgan fingerprint density at radius 2 is 1.68 bits per heavy atom. The van der Waals surface area contributed by atoms with Crippen LogP contribution in [-0.4, -0.2) is 15.5 Å². The molecule has 0 aliphatic rings. The summed E-state index contributed by atoms with van der Waals surface area (Å²) in [5.74, 6) is 0. The van der Waals surface area contributed by atoms with E-state index in [2.05, 4.69) is 15.3 Å². The highest BCUT2D eigenvalue weighted by atomic mass is 32.2. The molecule has 2 rings (SSSR count). The SMILES string of the molecule is FC(F)(F)Sc1ccc(NCc2cncnc2)cc1. The predicted molar refractivity (Wildman–Crippen MR) is 67.7 cm³/mol. The van der Waals surface area contributed by atoms with Crippen LogP contribution in [0.2, 0.25) is 0 Å². The van der Waals surface area contributed by atoms with Crippen molar-refractivity contribution in [3.8, 4) is 0 Å². The van der Waals surface area contributed by atoms with Crippen LogP contribution in [-0.2, 0) is 6.54 Å². The monoisotopic (exact) mass is 285 g/mol. The average molecular weight is 285 g/mol. The Bertz CT molecular complexity index is 514. The molecular weight excluding hydrogens is 275 g/mol. The molecule has 0 spiro atoms. The molecule has 0 radical (unpaired) electrons. The number of alkyl halides is 3. The smallest absolute Gasteiger partial charge is 0.381 e. The van der Waals surface area contributed by atoms with Gasteiger partial charge in [-0.1, -0.05) is 0 Å². The van der Waals surface area contributed by atoms with E-state index in [4.69, 9.17) is 0 Å². The van der Waals surface area contributed by atoms with Gasteiger partial charge in [0.2, 0.25) is 0 Å². The summed E-state index contributed by atoms with van der Waals surface area (Å²) in [6, 6.07) is 6.08. The van der Waals surface area contributed by atoms with E-state index < -0.39 is 5.51 Å². The summed E-state index contributed by atoms with van der Waals surface area (Å²) in [5.41, 5.74) is -2.61. The lowest BCUT2D eigenvalue weighted by Gasteiger charge is -2.08. The van der Waals surface area contributed by atoms with Gasteiger partial charge in [-0.25, -0.2) is 9.97 Å². The largest absolute Gasteiger partial charge is 0.446 e. The first-order valence-corrected chi connectivity index (χ1v) is 6.18. The Morgan fingerprint density at radius 1 is 1.05 bits per heavy atom. The van der Waals surface area contributed by atoms with Crippen molar-refractivity contribution in [2.45, 2.75) is 16.9 Å². The summed E-state index contributed by atoms with van der Waals surface area (Å²) in [5, 5.41) is 3.08. The molecule has 1 heterocycles. The number of hydrogen-bond acceptors (Lipinski definition) is 4. The number of aromatic nitrogens is 2. The van der Waals surface area contributed by atoms with E-state index >= 15 is 0 Å². The van der Waals surface area contributed by atoms with Crippen LogP contribution in [0.4, 0.5) is 18.9 Å². The molecule has 3 nitrogen and oxygen atoms in total. The molecule has 0 amide bonds. The molecule has 7 heteroatoms. The van der Waals surface area contributed by atoms with Crippen LogP contribution in [0.3, 0.4) is 0 Å². The van der Waals surface area contributed by atoms with E-state index in [1.165, 1.54) is 18.5 Å². The third-order valence-electron chi connectivity index (χ3n) is 2.20. The number of halogens is 3. The van der Waals surface area contributed by atoms with E-state index in [0.29, 0.717) is 6.54 Å². The van der Waals surface area contributed by atoms with Crippen molar-refractivity contribution >= 4 is 17.4 Å². The first-order valence-electron chi connectivity index (χ1n) is 5.36. The third kappa shape index (κ3) is 4.78. The van der Waals surface area contributed by atoms with Crippen LogP contribution in [0, 0.1) is 0 Å². The molecule has 19 heavy (non-hydrogen) atoms. The highest BCUT2D eigenvalue weighted by Gasteiger charge is 2.28. The molecule has 0 bridgehead atoms. The number of nitrogens with zero attached hydrogens (tertiary/aromatic N) is 2. The zero-order chi connectivity index (χ0) is 13.7. The zero-order valence-corrected chi connectivity index (χ0v) is 10.5. The summed E-state index contributed by atoms with van der Waals surface area (Å²) in [4.78, 5) is 7.91. The molecule has 1 aromatic heterocycles. The lowest BCUT2D eigenvalue weighted by molar-refractivity contribution is -0.0328. The van der Waals surface area contributed by atoms with Crippen molar-refractivity contribution in [1.29, 1.82) is 0 Å². The molecular formula is C12H10F3N3S. The van der Waals surface area contributed by atoms with E-state index in [1.807, 2.05) is 0 Å². The van der Waals surface area contributed by atoms with Crippen molar-refractivity contribution in [3.63, 3.8) is 0 Å². The van der Waals surface area contributed by atoms with Gasteiger partial charge in [0.25, 0.3) is 0 Å². The molecule has 1 aromatic carbocycles. The van der Waals surface area contributed by atoms with Gasteiger partial charge in [-0.3, -0.25) is 0 Å². The number of thioether (sulfide) groups is 1. The fourth-order valence-electron chi connectivity index (χ4n) is 1.40. The van der Waals surface area contributed by atoms with Gasteiger partial charge < -0.3 is 5.32 Å². The summed E-state index contributed by atoms with van der Waals surface area (Å²) < 4.78 is 36.4. The number of nitrogens with one attached hydrogen (secondary N) is 1. The number of rotatable bonds is 4. The Labute approximate surface area is 112 Å². The molecule has 0 unspecified atom stereocenters. The Hall–Kier alpha value is -1.76. The van der Waals surface area contributed by atoms with Crippen molar-refractivity contribution < 1.29 is 13.2 Å². The second kappa shape index (κ2) is 5.92. The second-order valence-electron chi connectivity index (χ2n) is 3.67. The fraction of sp³-hybridized carbons (Fsp3) is 0.167. The van der Waals surface area contributed by atoms with Gasteiger partial charge in [-0.2, -0.15) is 13.2 Å². The molecule has 0 atom stereocenters. The summed E-state index contributed by atoms with van der Waals surface area (Å²) in [7, 11) is 0. The fourth-order valence-corrected chi connectivity index (χ4v) is 1.94. The van der Waals surface area contributed by atoms with E-state index in [1.54, 1.807) is 24.5 Å². The summed E-state index contributed by atoms with van der Waals surface area (Å²) in [6.07, 6.45) is 4.79. The molecule has 100 valence electrons. The minimum Gasteiger partial charge on any atom is -0.381 e. The first kappa shape index (κ1) is 13.7. The van der Waals surface area contributed by atoms with Crippen molar-refractivity contribution in [3.05, 3.63) is 48.5 Å². The van der Waals surface area contributed by atoms with Gasteiger partial charge in [-0.15, -0.1) is 0 Å². The summed E-state index contributed by atoms with van der Waals surface area (Å²) in [6.45, 7) is 0.520. The molecule has 2 aromatic rings. The zero-order valence-electron chi connectivity index (χ0n) is 9.69. The Balaban J connectivity index is 1.92. The Morgan fingerprint density at radius 3 is 2.26 bits per heavy atom. The lowest BCUT2D eigenvalue weighted by Crippen LogP contribution is -2.01. The van der Waals surface area contributed by atoms with Gasteiger partial charge in [0, 0.05) is 35.1 Å². The standard InChI is InChI=1S/C12H10F3N3S/c13-12(14,15)19-11-3-1-10(2-4-11)18-7-9-5-16-8-17-6-9/h1-6,8,18H,7H2. The van der Waals surface area contributed by atoms with Crippen LogP contribution < -0.4 is 5.32 Å². The highest BCUT2D eigenvalue weighted by molar-refractivity contribution is 8.00. The molecule has 0 aliphatic heterocycles. The van der Waals surface area contributed by atoms with Crippen LogP contribution >= 0.6 is 11.8 Å².